The van der Waals surface area contributed by atoms with Crippen molar-refractivity contribution in [3.8, 4) is 11.5 Å². The first-order chi connectivity index (χ1) is 11.6. The maximum atomic E-state index is 12.4. The van der Waals surface area contributed by atoms with Gasteiger partial charge in [0.05, 0.1) is 12.7 Å². The SMILES string of the molecule is COC(=O)COc1ccc2c(c1)O/C(=C\c1cccc(Cl)c1)C2=O. The zero-order valence-electron chi connectivity index (χ0n) is 12.7. The Hall–Kier alpha value is -2.79. The first-order valence-electron chi connectivity index (χ1n) is 7.10. The number of methoxy groups -OCH3 is 1. The first-order valence-corrected chi connectivity index (χ1v) is 7.48. The van der Waals surface area contributed by atoms with E-state index in [1.165, 1.54) is 7.11 Å². The number of hydrogen-bond donors (Lipinski definition) is 0. The van der Waals surface area contributed by atoms with E-state index in [0.717, 1.165) is 5.56 Å². The van der Waals surface area contributed by atoms with Crippen molar-refractivity contribution in [2.24, 2.45) is 0 Å². The van der Waals surface area contributed by atoms with Crippen LogP contribution in [-0.4, -0.2) is 25.5 Å². The number of ketones is 1. The fourth-order valence-corrected chi connectivity index (χ4v) is 2.40. The molecule has 122 valence electrons. The highest BCUT2D eigenvalue weighted by Crippen LogP contribution is 2.35. The Bertz CT molecular complexity index is 841. The summed E-state index contributed by atoms with van der Waals surface area (Å²) >= 11 is 5.94. The molecule has 1 heterocycles. The number of halogens is 1. The van der Waals surface area contributed by atoms with E-state index < -0.39 is 5.97 Å². The number of Topliss-reactive ketones (excluding diaryl/α,β-unsaturated/α-hetero) is 1. The number of esters is 1. The van der Waals surface area contributed by atoms with E-state index in [9.17, 15) is 9.59 Å². The van der Waals surface area contributed by atoms with Crippen LogP contribution >= 0.6 is 11.6 Å². The number of rotatable bonds is 4. The molecule has 1 aliphatic heterocycles. The Balaban J connectivity index is 1.81. The molecule has 6 heteroatoms. The molecule has 0 atom stereocenters. The Morgan fingerprint density at radius 1 is 1.25 bits per heavy atom. The van der Waals surface area contributed by atoms with Crippen LogP contribution < -0.4 is 9.47 Å². The quantitative estimate of drug-likeness (QED) is 0.627. The summed E-state index contributed by atoms with van der Waals surface area (Å²) in [7, 11) is 1.28. The second-order valence-electron chi connectivity index (χ2n) is 5.02. The molecule has 5 nitrogen and oxygen atoms in total. The van der Waals surface area contributed by atoms with Gasteiger partial charge in [0.25, 0.3) is 0 Å². The largest absolute Gasteiger partial charge is 0.482 e. The average Bonchev–Trinajstić information content (AvgIpc) is 2.88. The molecule has 0 bridgehead atoms. The van der Waals surface area contributed by atoms with Gasteiger partial charge in [0.1, 0.15) is 11.5 Å². The topological polar surface area (TPSA) is 61.8 Å². The highest BCUT2D eigenvalue weighted by atomic mass is 35.5. The third-order valence-electron chi connectivity index (χ3n) is 3.37. The third-order valence-corrected chi connectivity index (χ3v) is 3.61. The Labute approximate surface area is 143 Å². The van der Waals surface area contributed by atoms with Crippen LogP contribution in [0.4, 0.5) is 0 Å². The molecule has 0 saturated heterocycles. The predicted molar refractivity (Wildman–Crippen MR) is 88.3 cm³/mol. The number of carbonyl (C=O) groups excluding carboxylic acids is 2. The maximum Gasteiger partial charge on any atom is 0.343 e. The monoisotopic (exact) mass is 344 g/mol. The molecule has 0 saturated carbocycles. The summed E-state index contributed by atoms with van der Waals surface area (Å²) in [6.45, 7) is -0.214. The highest BCUT2D eigenvalue weighted by Gasteiger charge is 2.27. The fraction of sp³-hybridized carbons (Fsp3) is 0.111. The zero-order valence-corrected chi connectivity index (χ0v) is 13.5. The Kier molecular flexibility index (Phi) is 4.53. The summed E-state index contributed by atoms with van der Waals surface area (Å²) in [5, 5.41) is 0.575. The number of fused-ring (bicyclic) bond motifs is 1. The molecule has 2 aromatic carbocycles. The fourth-order valence-electron chi connectivity index (χ4n) is 2.21. The van der Waals surface area contributed by atoms with Gasteiger partial charge >= 0.3 is 5.97 Å². The number of allylic oxidation sites excluding steroid dienone is 1. The number of benzene rings is 2. The minimum atomic E-state index is -0.492. The lowest BCUT2D eigenvalue weighted by atomic mass is 10.1. The van der Waals surface area contributed by atoms with Crippen molar-refractivity contribution < 1.29 is 23.8 Å². The van der Waals surface area contributed by atoms with Crippen LogP contribution in [0.15, 0.2) is 48.2 Å². The lowest BCUT2D eigenvalue weighted by molar-refractivity contribution is -0.142. The standard InChI is InChI=1S/C18H13ClO5/c1-22-17(20)10-23-13-5-6-14-15(9-13)24-16(18(14)21)8-11-3-2-4-12(19)7-11/h2-9H,10H2,1H3/b16-8-. The van der Waals surface area contributed by atoms with Crippen LogP contribution in [0, 0.1) is 0 Å². The van der Waals surface area contributed by atoms with Crippen LogP contribution in [0.2, 0.25) is 5.02 Å². The van der Waals surface area contributed by atoms with E-state index in [0.29, 0.717) is 22.1 Å². The molecule has 0 aromatic heterocycles. The molecule has 0 N–H and O–H groups in total. The third kappa shape index (κ3) is 3.41. The van der Waals surface area contributed by atoms with Gasteiger partial charge in [-0.2, -0.15) is 0 Å². The van der Waals surface area contributed by atoms with Crippen molar-refractivity contribution in [3.05, 3.63) is 64.4 Å². The van der Waals surface area contributed by atoms with Gasteiger partial charge in [0.15, 0.2) is 12.4 Å². The maximum absolute atomic E-state index is 12.4. The molecule has 2 aromatic rings. The molecular weight excluding hydrogens is 332 g/mol. The zero-order chi connectivity index (χ0) is 17.1. The summed E-state index contributed by atoms with van der Waals surface area (Å²) < 4.78 is 15.4. The van der Waals surface area contributed by atoms with Gasteiger partial charge in [-0.3, -0.25) is 4.79 Å². The molecule has 0 unspecified atom stereocenters. The van der Waals surface area contributed by atoms with Crippen molar-refractivity contribution in [2.45, 2.75) is 0 Å². The Morgan fingerprint density at radius 3 is 2.83 bits per heavy atom. The van der Waals surface area contributed by atoms with Gasteiger partial charge in [-0.05, 0) is 35.9 Å². The molecule has 0 spiro atoms. The normalized spacial score (nSPS) is 14.2. The predicted octanol–water partition coefficient (Wildman–Crippen LogP) is 3.51. The van der Waals surface area contributed by atoms with Gasteiger partial charge in [-0.25, -0.2) is 4.79 Å². The molecule has 1 aliphatic rings. The summed E-state index contributed by atoms with van der Waals surface area (Å²) in [6.07, 6.45) is 1.63. The van der Waals surface area contributed by atoms with E-state index in [1.54, 1.807) is 42.5 Å². The van der Waals surface area contributed by atoms with Crippen LogP contribution in [0.25, 0.3) is 6.08 Å². The lowest BCUT2D eigenvalue weighted by Crippen LogP contribution is -2.12. The van der Waals surface area contributed by atoms with Crippen molar-refractivity contribution in [1.29, 1.82) is 0 Å². The van der Waals surface area contributed by atoms with E-state index in [-0.39, 0.29) is 18.1 Å². The van der Waals surface area contributed by atoms with Crippen molar-refractivity contribution in [2.75, 3.05) is 13.7 Å². The molecule has 24 heavy (non-hydrogen) atoms. The van der Waals surface area contributed by atoms with Crippen LogP contribution in [0.1, 0.15) is 15.9 Å². The first kappa shape index (κ1) is 16.1. The molecule has 0 aliphatic carbocycles. The summed E-state index contributed by atoms with van der Waals surface area (Å²) in [6, 6.07) is 11.9. The van der Waals surface area contributed by atoms with Crippen molar-refractivity contribution >= 4 is 29.4 Å². The van der Waals surface area contributed by atoms with Gasteiger partial charge in [0.2, 0.25) is 5.78 Å². The van der Waals surface area contributed by atoms with E-state index in [2.05, 4.69) is 4.74 Å². The highest BCUT2D eigenvalue weighted by molar-refractivity contribution is 6.30. The van der Waals surface area contributed by atoms with E-state index in [4.69, 9.17) is 21.1 Å². The minimum absolute atomic E-state index is 0.206. The minimum Gasteiger partial charge on any atom is -0.482 e. The smallest absolute Gasteiger partial charge is 0.343 e. The van der Waals surface area contributed by atoms with Gasteiger partial charge in [0, 0.05) is 11.1 Å². The van der Waals surface area contributed by atoms with E-state index >= 15 is 0 Å². The summed E-state index contributed by atoms with van der Waals surface area (Å²) in [4.78, 5) is 23.5. The molecule has 3 rings (SSSR count). The molecule has 0 fully saturated rings. The Morgan fingerprint density at radius 2 is 2.08 bits per heavy atom. The molecule has 0 radical (unpaired) electrons. The van der Waals surface area contributed by atoms with Crippen LogP contribution in [0.5, 0.6) is 11.5 Å². The van der Waals surface area contributed by atoms with Gasteiger partial charge in [-0.15, -0.1) is 0 Å². The molecule has 0 amide bonds. The van der Waals surface area contributed by atoms with Crippen molar-refractivity contribution in [3.63, 3.8) is 0 Å². The molecular formula is C18H13ClO5. The summed E-state index contributed by atoms with van der Waals surface area (Å²) in [5.74, 6) is 0.294. The summed E-state index contributed by atoms with van der Waals surface area (Å²) in [5.41, 5.74) is 1.20. The van der Waals surface area contributed by atoms with Gasteiger partial charge < -0.3 is 14.2 Å². The second-order valence-corrected chi connectivity index (χ2v) is 5.45. The lowest BCUT2D eigenvalue weighted by Gasteiger charge is -2.05. The van der Waals surface area contributed by atoms with E-state index in [1.807, 2.05) is 6.07 Å². The van der Waals surface area contributed by atoms with Crippen molar-refractivity contribution in [1.82, 2.24) is 0 Å². The average molecular weight is 345 g/mol. The van der Waals surface area contributed by atoms with Gasteiger partial charge in [-0.1, -0.05) is 23.7 Å². The number of carbonyl (C=O) groups is 2. The second kappa shape index (κ2) is 6.76. The number of hydrogen-bond acceptors (Lipinski definition) is 5. The number of ether oxygens (including phenoxy) is 3. The van der Waals surface area contributed by atoms with Crippen LogP contribution in [0.3, 0.4) is 0 Å². The van der Waals surface area contributed by atoms with Crippen LogP contribution in [-0.2, 0) is 9.53 Å².